The molecule has 6 nitrogen and oxygen atoms in total. The van der Waals surface area contributed by atoms with Crippen LogP contribution in [0.5, 0.6) is 0 Å². The number of halogens is 1. The molecule has 7 heteroatoms. The third kappa shape index (κ3) is 4.11. The third-order valence-corrected chi connectivity index (χ3v) is 5.54. The number of aromatic nitrogens is 2. The molecular weight excluding hydrogens is 385 g/mol. The summed E-state index contributed by atoms with van der Waals surface area (Å²) in [4.78, 5) is 26.6. The van der Waals surface area contributed by atoms with Crippen molar-refractivity contribution in [2.24, 2.45) is 0 Å². The second-order valence-electron chi connectivity index (χ2n) is 7.48. The van der Waals surface area contributed by atoms with E-state index >= 15 is 0 Å². The lowest BCUT2D eigenvalue weighted by atomic mass is 10.0. The molecule has 0 saturated carbocycles. The van der Waals surface area contributed by atoms with Crippen molar-refractivity contribution in [3.05, 3.63) is 75.5 Å². The van der Waals surface area contributed by atoms with Crippen molar-refractivity contribution >= 4 is 16.7 Å². The Morgan fingerprint density at radius 3 is 2.67 bits per heavy atom. The monoisotopic (exact) mass is 409 g/mol. The number of benzene rings is 2. The Labute approximate surface area is 173 Å². The minimum Gasteiger partial charge on any atom is -0.378 e. The number of hydrogen-bond donors (Lipinski definition) is 1. The minimum absolute atomic E-state index is 0.0658. The highest BCUT2D eigenvalue weighted by molar-refractivity contribution is 5.94. The van der Waals surface area contributed by atoms with E-state index in [9.17, 15) is 14.0 Å². The van der Waals surface area contributed by atoms with Crippen molar-refractivity contribution in [1.82, 2.24) is 15.1 Å². The number of aromatic amines is 1. The topological polar surface area (TPSA) is 75.3 Å². The van der Waals surface area contributed by atoms with Crippen molar-refractivity contribution in [3.63, 3.8) is 0 Å². The molecule has 0 aliphatic carbocycles. The van der Waals surface area contributed by atoms with Gasteiger partial charge < -0.3 is 9.64 Å². The average Bonchev–Trinajstić information content (AvgIpc) is 2.77. The van der Waals surface area contributed by atoms with Crippen LogP contribution in [0.15, 0.2) is 47.3 Å². The van der Waals surface area contributed by atoms with E-state index in [4.69, 9.17) is 4.74 Å². The number of amides is 1. The van der Waals surface area contributed by atoms with Gasteiger partial charge in [0.2, 0.25) is 0 Å². The number of rotatable bonds is 5. The van der Waals surface area contributed by atoms with E-state index in [2.05, 4.69) is 10.2 Å². The van der Waals surface area contributed by atoms with Gasteiger partial charge in [0.05, 0.1) is 22.7 Å². The van der Waals surface area contributed by atoms with E-state index in [0.29, 0.717) is 37.2 Å². The van der Waals surface area contributed by atoms with Crippen molar-refractivity contribution in [1.29, 1.82) is 0 Å². The molecule has 0 spiro atoms. The number of carbonyl (C=O) groups excluding carboxylic acids is 1. The maximum absolute atomic E-state index is 14.5. The molecule has 0 atom stereocenters. The predicted octanol–water partition coefficient (Wildman–Crippen LogP) is 3.29. The Morgan fingerprint density at radius 2 is 1.93 bits per heavy atom. The maximum atomic E-state index is 14.5. The van der Waals surface area contributed by atoms with Crippen LogP contribution in [-0.2, 0) is 11.2 Å². The van der Waals surface area contributed by atoms with Crippen LogP contribution in [0.4, 0.5) is 4.39 Å². The van der Waals surface area contributed by atoms with Crippen molar-refractivity contribution in [2.75, 3.05) is 19.7 Å². The van der Waals surface area contributed by atoms with E-state index in [-0.39, 0.29) is 23.1 Å². The largest absolute Gasteiger partial charge is 0.378 e. The summed E-state index contributed by atoms with van der Waals surface area (Å²) in [7, 11) is 0. The van der Waals surface area contributed by atoms with Crippen LogP contribution in [0.25, 0.3) is 10.8 Å². The Morgan fingerprint density at radius 1 is 1.20 bits per heavy atom. The van der Waals surface area contributed by atoms with Gasteiger partial charge >= 0.3 is 0 Å². The molecule has 1 fully saturated rings. The summed E-state index contributed by atoms with van der Waals surface area (Å²) in [6, 6.07) is 11.8. The molecule has 0 radical (unpaired) electrons. The first-order chi connectivity index (χ1) is 14.6. The standard InChI is InChI=1S/C23H24FN3O3/c1-2-30-16-9-11-27(12-10-16)23(29)19-13-15(7-8-20(19)24)14-21-17-5-3-4-6-18(17)22(28)26-25-21/h3-8,13,16H,2,9-12,14H2,1H3,(H,26,28). The van der Waals surface area contributed by atoms with Gasteiger partial charge in [-0.15, -0.1) is 0 Å². The van der Waals surface area contributed by atoms with Crippen LogP contribution in [0.1, 0.15) is 41.4 Å². The van der Waals surface area contributed by atoms with Crippen molar-refractivity contribution < 1.29 is 13.9 Å². The number of ether oxygens (including phenoxy) is 1. The zero-order chi connectivity index (χ0) is 21.1. The molecule has 30 heavy (non-hydrogen) atoms. The quantitative estimate of drug-likeness (QED) is 0.702. The molecule has 156 valence electrons. The molecule has 1 aromatic heterocycles. The Hall–Kier alpha value is -3.06. The molecule has 2 heterocycles. The fourth-order valence-corrected chi connectivity index (χ4v) is 3.98. The summed E-state index contributed by atoms with van der Waals surface area (Å²) in [5.74, 6) is -0.835. The lowest BCUT2D eigenvalue weighted by molar-refractivity contribution is 0.0144. The highest BCUT2D eigenvalue weighted by atomic mass is 19.1. The summed E-state index contributed by atoms with van der Waals surface area (Å²) < 4.78 is 20.1. The van der Waals surface area contributed by atoms with Crippen LogP contribution >= 0.6 is 0 Å². The van der Waals surface area contributed by atoms with Gasteiger partial charge in [0.25, 0.3) is 11.5 Å². The van der Waals surface area contributed by atoms with E-state index in [1.54, 1.807) is 29.2 Å². The summed E-state index contributed by atoms with van der Waals surface area (Å²) in [5.41, 5.74) is 1.25. The second kappa shape index (κ2) is 8.75. The first-order valence-corrected chi connectivity index (χ1v) is 10.2. The van der Waals surface area contributed by atoms with Crippen LogP contribution in [0, 0.1) is 5.82 Å². The van der Waals surface area contributed by atoms with Crippen LogP contribution in [0.3, 0.4) is 0 Å². The fourth-order valence-electron chi connectivity index (χ4n) is 3.98. The molecule has 3 aromatic rings. The fraction of sp³-hybridized carbons (Fsp3) is 0.348. The Kier molecular flexibility index (Phi) is 5.90. The first kappa shape index (κ1) is 20.2. The van der Waals surface area contributed by atoms with E-state index in [1.807, 2.05) is 19.1 Å². The predicted molar refractivity (Wildman–Crippen MR) is 112 cm³/mol. The molecule has 0 unspecified atom stereocenters. The minimum atomic E-state index is -0.532. The lowest BCUT2D eigenvalue weighted by Gasteiger charge is -2.32. The molecular formula is C23H24FN3O3. The molecule has 1 aliphatic heterocycles. The molecule has 1 N–H and O–H groups in total. The van der Waals surface area contributed by atoms with Gasteiger partial charge in [-0.25, -0.2) is 9.49 Å². The lowest BCUT2D eigenvalue weighted by Crippen LogP contribution is -2.41. The summed E-state index contributed by atoms with van der Waals surface area (Å²) in [6.45, 7) is 3.72. The number of piperidine rings is 1. The first-order valence-electron chi connectivity index (χ1n) is 10.2. The number of fused-ring (bicyclic) bond motifs is 1. The van der Waals surface area contributed by atoms with Crippen molar-refractivity contribution in [2.45, 2.75) is 32.3 Å². The highest BCUT2D eigenvalue weighted by Gasteiger charge is 2.25. The van der Waals surface area contributed by atoms with Crippen molar-refractivity contribution in [3.8, 4) is 0 Å². The zero-order valence-corrected chi connectivity index (χ0v) is 16.9. The number of hydrogen-bond acceptors (Lipinski definition) is 4. The summed E-state index contributed by atoms with van der Waals surface area (Å²) >= 11 is 0. The summed E-state index contributed by atoms with van der Waals surface area (Å²) in [6.07, 6.45) is 2.06. The third-order valence-electron chi connectivity index (χ3n) is 5.54. The Bertz CT molecular complexity index is 1120. The molecule has 2 aromatic carbocycles. The summed E-state index contributed by atoms with van der Waals surface area (Å²) in [5, 5.41) is 7.99. The van der Waals surface area contributed by atoms with E-state index in [0.717, 1.165) is 23.8 Å². The Balaban J connectivity index is 1.57. The van der Waals surface area contributed by atoms with Gasteiger partial charge in [0, 0.05) is 31.5 Å². The highest BCUT2D eigenvalue weighted by Crippen LogP contribution is 2.21. The number of H-pyrrole nitrogens is 1. The number of nitrogens with zero attached hydrogens (tertiary/aromatic N) is 2. The molecule has 1 saturated heterocycles. The average molecular weight is 409 g/mol. The van der Waals surface area contributed by atoms with Crippen LogP contribution < -0.4 is 5.56 Å². The van der Waals surface area contributed by atoms with Gasteiger partial charge in [-0.3, -0.25) is 9.59 Å². The molecule has 4 rings (SSSR count). The van der Waals surface area contributed by atoms with Crippen LogP contribution in [-0.4, -0.2) is 46.8 Å². The van der Waals surface area contributed by atoms with Gasteiger partial charge in [0.15, 0.2) is 0 Å². The molecule has 1 aliphatic rings. The van der Waals surface area contributed by atoms with Gasteiger partial charge in [-0.1, -0.05) is 24.3 Å². The zero-order valence-electron chi connectivity index (χ0n) is 16.9. The number of nitrogens with one attached hydrogen (secondary N) is 1. The number of carbonyl (C=O) groups is 1. The van der Waals surface area contributed by atoms with E-state index < -0.39 is 5.82 Å². The number of likely N-dealkylation sites (tertiary alicyclic amines) is 1. The van der Waals surface area contributed by atoms with Crippen LogP contribution in [0.2, 0.25) is 0 Å². The second-order valence-corrected chi connectivity index (χ2v) is 7.48. The molecule has 1 amide bonds. The van der Waals surface area contributed by atoms with Gasteiger partial charge in [-0.2, -0.15) is 5.10 Å². The maximum Gasteiger partial charge on any atom is 0.272 e. The van der Waals surface area contributed by atoms with E-state index in [1.165, 1.54) is 6.07 Å². The molecule has 0 bridgehead atoms. The smallest absolute Gasteiger partial charge is 0.272 e. The van der Waals surface area contributed by atoms with Gasteiger partial charge in [-0.05, 0) is 43.5 Å². The SMILES string of the molecule is CCOC1CCN(C(=O)c2cc(Cc3n[nH]c(=O)c4ccccc34)ccc2F)CC1. The van der Waals surface area contributed by atoms with Gasteiger partial charge in [0.1, 0.15) is 5.82 Å². The normalized spacial score (nSPS) is 14.9.